The van der Waals surface area contributed by atoms with Crippen LogP contribution in [0.2, 0.25) is 0 Å². The molecule has 0 unspecified atom stereocenters. The average molecular weight is 274 g/mol. The molecule has 21 heavy (non-hydrogen) atoms. The SMILES string of the molecule is C.[C-]#[N+]c1ccc2[nH]c(-c3n[nH]c4ccccc34)cc2c1. The number of benzene rings is 2. The molecule has 0 bridgehead atoms. The van der Waals surface area contributed by atoms with Crippen LogP contribution in [-0.4, -0.2) is 15.2 Å². The highest BCUT2D eigenvalue weighted by Crippen LogP contribution is 2.30. The van der Waals surface area contributed by atoms with Crippen LogP contribution in [0.4, 0.5) is 5.69 Å². The van der Waals surface area contributed by atoms with Crippen molar-refractivity contribution in [3.8, 4) is 11.4 Å². The maximum Gasteiger partial charge on any atom is 0.187 e. The van der Waals surface area contributed by atoms with Gasteiger partial charge in [0, 0.05) is 10.9 Å². The monoisotopic (exact) mass is 274 g/mol. The largest absolute Gasteiger partial charge is 0.353 e. The van der Waals surface area contributed by atoms with Crippen molar-refractivity contribution in [3.05, 3.63) is 59.9 Å². The van der Waals surface area contributed by atoms with Gasteiger partial charge in [-0.05, 0) is 29.7 Å². The molecule has 0 spiro atoms. The fourth-order valence-corrected chi connectivity index (χ4v) is 2.49. The Bertz CT molecular complexity index is 969. The molecule has 2 aromatic carbocycles. The maximum atomic E-state index is 7.07. The van der Waals surface area contributed by atoms with Crippen LogP contribution in [0.3, 0.4) is 0 Å². The van der Waals surface area contributed by atoms with Gasteiger partial charge in [0.1, 0.15) is 5.69 Å². The molecule has 0 aliphatic rings. The first kappa shape index (κ1) is 12.9. The predicted octanol–water partition coefficient (Wildman–Crippen LogP) is 4.90. The molecule has 4 heteroatoms. The highest BCUT2D eigenvalue weighted by Gasteiger charge is 2.10. The van der Waals surface area contributed by atoms with Crippen molar-refractivity contribution in [2.45, 2.75) is 7.43 Å². The molecule has 2 N–H and O–H groups in total. The highest BCUT2D eigenvalue weighted by molar-refractivity contribution is 5.96. The van der Waals surface area contributed by atoms with Crippen LogP contribution in [0.15, 0.2) is 48.5 Å². The first-order chi connectivity index (χ1) is 9.85. The first-order valence-corrected chi connectivity index (χ1v) is 6.29. The Balaban J connectivity index is 0.00000132. The molecule has 4 nitrogen and oxygen atoms in total. The van der Waals surface area contributed by atoms with E-state index in [1.54, 1.807) is 0 Å². The molecular formula is C17H14N4. The number of hydrogen-bond acceptors (Lipinski definition) is 1. The lowest BCUT2D eigenvalue weighted by Gasteiger charge is -1.92. The van der Waals surface area contributed by atoms with Crippen molar-refractivity contribution in [2.75, 3.05) is 0 Å². The second kappa shape index (κ2) is 4.80. The molecule has 4 rings (SSSR count). The lowest BCUT2D eigenvalue weighted by molar-refractivity contribution is 1.12. The summed E-state index contributed by atoms with van der Waals surface area (Å²) in [4.78, 5) is 6.81. The zero-order chi connectivity index (χ0) is 13.5. The number of para-hydroxylation sites is 1. The number of aromatic nitrogens is 3. The summed E-state index contributed by atoms with van der Waals surface area (Å²) in [5.74, 6) is 0. The van der Waals surface area contributed by atoms with Crippen LogP contribution in [0.5, 0.6) is 0 Å². The predicted molar refractivity (Wildman–Crippen MR) is 86.4 cm³/mol. The van der Waals surface area contributed by atoms with Gasteiger partial charge in [0.05, 0.1) is 17.8 Å². The lowest BCUT2D eigenvalue weighted by atomic mass is 10.1. The molecule has 0 saturated heterocycles. The third kappa shape index (κ3) is 1.96. The van der Waals surface area contributed by atoms with E-state index in [0.29, 0.717) is 5.69 Å². The lowest BCUT2D eigenvalue weighted by Crippen LogP contribution is -1.77. The summed E-state index contributed by atoms with van der Waals surface area (Å²) in [5.41, 5.74) is 4.54. The van der Waals surface area contributed by atoms with Crippen molar-refractivity contribution in [3.63, 3.8) is 0 Å². The van der Waals surface area contributed by atoms with Crippen LogP contribution < -0.4 is 0 Å². The van der Waals surface area contributed by atoms with E-state index in [1.807, 2.05) is 48.5 Å². The third-order valence-corrected chi connectivity index (χ3v) is 3.46. The van der Waals surface area contributed by atoms with E-state index in [1.165, 1.54) is 0 Å². The minimum Gasteiger partial charge on any atom is -0.353 e. The fraction of sp³-hybridized carbons (Fsp3) is 0.0588. The number of aromatic amines is 2. The topological polar surface area (TPSA) is 48.8 Å². The third-order valence-electron chi connectivity index (χ3n) is 3.46. The molecule has 0 aliphatic carbocycles. The van der Waals surface area contributed by atoms with Crippen LogP contribution in [0.25, 0.3) is 38.0 Å². The quantitative estimate of drug-likeness (QED) is 0.477. The summed E-state index contributed by atoms with van der Waals surface area (Å²) >= 11 is 0. The Morgan fingerprint density at radius 3 is 2.71 bits per heavy atom. The normalized spacial score (nSPS) is 10.4. The summed E-state index contributed by atoms with van der Waals surface area (Å²) in [7, 11) is 0. The van der Waals surface area contributed by atoms with E-state index >= 15 is 0 Å². The molecule has 0 fully saturated rings. The zero-order valence-corrected chi connectivity index (χ0v) is 10.5. The Morgan fingerprint density at radius 2 is 1.86 bits per heavy atom. The number of H-pyrrole nitrogens is 2. The Morgan fingerprint density at radius 1 is 1.00 bits per heavy atom. The van der Waals surface area contributed by atoms with E-state index in [9.17, 15) is 0 Å². The number of nitrogens with zero attached hydrogens (tertiary/aromatic N) is 2. The van der Waals surface area contributed by atoms with Crippen molar-refractivity contribution in [1.82, 2.24) is 15.2 Å². The number of hydrogen-bond donors (Lipinski definition) is 2. The summed E-state index contributed by atoms with van der Waals surface area (Å²) < 4.78 is 0. The molecule has 0 radical (unpaired) electrons. The summed E-state index contributed by atoms with van der Waals surface area (Å²) in [6.07, 6.45) is 0. The van der Waals surface area contributed by atoms with Gasteiger partial charge in [-0.2, -0.15) is 5.10 Å². The van der Waals surface area contributed by atoms with E-state index in [-0.39, 0.29) is 7.43 Å². The highest BCUT2D eigenvalue weighted by atomic mass is 15.1. The maximum absolute atomic E-state index is 7.07. The van der Waals surface area contributed by atoms with Gasteiger partial charge in [-0.15, -0.1) is 0 Å². The van der Waals surface area contributed by atoms with Gasteiger partial charge >= 0.3 is 0 Å². The van der Waals surface area contributed by atoms with Gasteiger partial charge in [-0.25, -0.2) is 4.85 Å². The number of nitrogens with one attached hydrogen (secondary N) is 2. The molecule has 0 atom stereocenters. The van der Waals surface area contributed by atoms with Crippen LogP contribution in [0.1, 0.15) is 7.43 Å². The van der Waals surface area contributed by atoms with Crippen molar-refractivity contribution in [1.29, 1.82) is 0 Å². The van der Waals surface area contributed by atoms with E-state index in [2.05, 4.69) is 20.0 Å². The molecule has 0 saturated carbocycles. The zero-order valence-electron chi connectivity index (χ0n) is 10.5. The smallest absolute Gasteiger partial charge is 0.187 e. The molecule has 4 aromatic rings. The Labute approximate surface area is 122 Å². The van der Waals surface area contributed by atoms with E-state index in [4.69, 9.17) is 6.57 Å². The first-order valence-electron chi connectivity index (χ1n) is 6.29. The molecule has 0 aliphatic heterocycles. The number of rotatable bonds is 1. The standard InChI is InChI=1S/C16H10N4.CH4/c1-17-11-6-7-13-10(8-11)9-15(18-13)16-12-4-2-3-5-14(12)19-20-16;/h2-9,18H,(H,19,20);1H4. The van der Waals surface area contributed by atoms with E-state index < -0.39 is 0 Å². The van der Waals surface area contributed by atoms with Crippen LogP contribution >= 0.6 is 0 Å². The summed E-state index contributed by atoms with van der Waals surface area (Å²) in [6, 6.07) is 15.7. The Kier molecular flexibility index (Phi) is 2.96. The van der Waals surface area contributed by atoms with Gasteiger partial charge < -0.3 is 4.98 Å². The molecule has 2 aromatic heterocycles. The van der Waals surface area contributed by atoms with Gasteiger partial charge in [0.2, 0.25) is 0 Å². The van der Waals surface area contributed by atoms with Crippen molar-refractivity contribution < 1.29 is 0 Å². The minimum atomic E-state index is 0. The second-order valence-electron chi connectivity index (χ2n) is 4.68. The molecule has 0 amide bonds. The van der Waals surface area contributed by atoms with Gasteiger partial charge in [0.15, 0.2) is 5.69 Å². The van der Waals surface area contributed by atoms with Gasteiger partial charge in [-0.3, -0.25) is 5.10 Å². The summed E-state index contributed by atoms with van der Waals surface area (Å²) in [6.45, 7) is 7.07. The van der Waals surface area contributed by atoms with Crippen LogP contribution in [-0.2, 0) is 0 Å². The molecular weight excluding hydrogens is 260 g/mol. The Hall–Kier alpha value is -3.06. The van der Waals surface area contributed by atoms with Crippen molar-refractivity contribution >= 4 is 27.5 Å². The van der Waals surface area contributed by atoms with Gasteiger partial charge in [0.25, 0.3) is 0 Å². The second-order valence-corrected chi connectivity index (χ2v) is 4.68. The van der Waals surface area contributed by atoms with Crippen LogP contribution in [0, 0.1) is 6.57 Å². The fourth-order valence-electron chi connectivity index (χ4n) is 2.49. The van der Waals surface area contributed by atoms with E-state index in [0.717, 1.165) is 33.2 Å². The van der Waals surface area contributed by atoms with Gasteiger partial charge in [-0.1, -0.05) is 31.7 Å². The molecule has 102 valence electrons. The summed E-state index contributed by atoms with van der Waals surface area (Å²) in [5, 5.41) is 9.54. The minimum absolute atomic E-state index is 0. The number of fused-ring (bicyclic) bond motifs is 2. The van der Waals surface area contributed by atoms with Crippen molar-refractivity contribution in [2.24, 2.45) is 0 Å². The molecule has 2 heterocycles. The average Bonchev–Trinajstić information content (AvgIpc) is 3.09.